The minimum absolute atomic E-state index is 0.0280. The van der Waals surface area contributed by atoms with Crippen molar-refractivity contribution in [1.82, 2.24) is 4.98 Å². The van der Waals surface area contributed by atoms with Gasteiger partial charge in [0.1, 0.15) is 0 Å². The number of hydrogen-bond acceptors (Lipinski definition) is 5. The van der Waals surface area contributed by atoms with Crippen LogP contribution >= 0.6 is 39.0 Å². The van der Waals surface area contributed by atoms with Gasteiger partial charge in [-0.25, -0.2) is 4.98 Å². The number of amides is 1. The van der Waals surface area contributed by atoms with E-state index in [2.05, 4.69) is 29.8 Å². The van der Waals surface area contributed by atoms with E-state index in [1.165, 1.54) is 4.90 Å². The molecule has 7 heteroatoms. The molecule has 0 bridgehead atoms. The second kappa shape index (κ2) is 9.16. The number of carbonyl (C=O) groups excluding carboxylic acids is 1. The maximum atomic E-state index is 13.4. The molecule has 0 N–H and O–H groups in total. The first-order valence-electron chi connectivity index (χ1n) is 9.76. The third-order valence-electron chi connectivity index (χ3n) is 4.70. The quantitative estimate of drug-likeness (QED) is 0.375. The topological polar surface area (TPSA) is 42.4 Å². The van der Waals surface area contributed by atoms with Crippen molar-refractivity contribution in [2.24, 2.45) is 0 Å². The minimum Gasteiger partial charge on any atom is -0.376 e. The molecule has 1 atom stereocenters. The molecule has 1 unspecified atom stereocenters. The first-order chi connectivity index (χ1) is 14.0. The number of benzene rings is 2. The van der Waals surface area contributed by atoms with Gasteiger partial charge in [-0.2, -0.15) is 0 Å². The van der Waals surface area contributed by atoms with Crippen molar-refractivity contribution >= 4 is 60.3 Å². The van der Waals surface area contributed by atoms with Crippen LogP contribution in [0.15, 0.2) is 51.8 Å². The number of halogens is 1. The zero-order valence-electron chi connectivity index (χ0n) is 16.4. The SMILES string of the molecule is CC(C)Sc1ccc(C(=O)N(CC2CCCO2)c2nc3ccc(Br)cc3s2)cc1. The predicted octanol–water partition coefficient (Wildman–Crippen LogP) is 6.39. The van der Waals surface area contributed by atoms with Gasteiger partial charge in [-0.15, -0.1) is 11.8 Å². The average Bonchev–Trinajstić information content (AvgIpc) is 3.34. The van der Waals surface area contributed by atoms with Gasteiger partial charge in [0.05, 0.1) is 22.9 Å². The molecule has 152 valence electrons. The summed E-state index contributed by atoms with van der Waals surface area (Å²) in [6.07, 6.45) is 2.08. The highest BCUT2D eigenvalue weighted by atomic mass is 79.9. The highest BCUT2D eigenvalue weighted by molar-refractivity contribution is 9.10. The van der Waals surface area contributed by atoms with Crippen molar-refractivity contribution < 1.29 is 9.53 Å². The van der Waals surface area contributed by atoms with Gasteiger partial charge in [0.15, 0.2) is 5.13 Å². The molecule has 1 aliphatic rings. The maximum absolute atomic E-state index is 13.4. The molecule has 0 spiro atoms. The Morgan fingerprint density at radius 3 is 2.79 bits per heavy atom. The van der Waals surface area contributed by atoms with Crippen molar-refractivity contribution in [1.29, 1.82) is 0 Å². The summed E-state index contributed by atoms with van der Waals surface area (Å²) in [6, 6.07) is 13.9. The Bertz CT molecular complexity index is 998. The predicted molar refractivity (Wildman–Crippen MR) is 125 cm³/mol. The maximum Gasteiger partial charge on any atom is 0.260 e. The van der Waals surface area contributed by atoms with E-state index in [1.807, 2.05) is 42.5 Å². The van der Waals surface area contributed by atoms with E-state index in [1.54, 1.807) is 28.0 Å². The van der Waals surface area contributed by atoms with Gasteiger partial charge in [-0.3, -0.25) is 9.69 Å². The molecule has 4 nitrogen and oxygen atoms in total. The lowest BCUT2D eigenvalue weighted by atomic mass is 10.2. The zero-order chi connectivity index (χ0) is 20.4. The number of rotatable bonds is 6. The summed E-state index contributed by atoms with van der Waals surface area (Å²) in [5.74, 6) is -0.0280. The number of thiazole rings is 1. The van der Waals surface area contributed by atoms with E-state index in [4.69, 9.17) is 9.72 Å². The Morgan fingerprint density at radius 2 is 2.10 bits per heavy atom. The largest absolute Gasteiger partial charge is 0.376 e. The fourth-order valence-electron chi connectivity index (χ4n) is 3.35. The molecule has 0 aliphatic carbocycles. The van der Waals surface area contributed by atoms with E-state index in [9.17, 15) is 4.79 Å². The van der Waals surface area contributed by atoms with Gasteiger partial charge >= 0.3 is 0 Å². The molecule has 29 heavy (non-hydrogen) atoms. The summed E-state index contributed by atoms with van der Waals surface area (Å²) in [5, 5.41) is 1.23. The second-order valence-electron chi connectivity index (χ2n) is 7.35. The Labute approximate surface area is 187 Å². The van der Waals surface area contributed by atoms with E-state index in [-0.39, 0.29) is 12.0 Å². The molecular formula is C22H23BrN2O2S2. The number of fused-ring (bicyclic) bond motifs is 1. The van der Waals surface area contributed by atoms with Crippen LogP contribution in [-0.2, 0) is 4.74 Å². The summed E-state index contributed by atoms with van der Waals surface area (Å²) in [7, 11) is 0. The molecule has 1 saturated heterocycles. The fraction of sp³-hybridized carbons (Fsp3) is 0.364. The van der Waals surface area contributed by atoms with Gasteiger partial charge in [0.2, 0.25) is 0 Å². The number of thioether (sulfide) groups is 1. The third kappa shape index (κ3) is 5.02. The first-order valence-corrected chi connectivity index (χ1v) is 12.2. The zero-order valence-corrected chi connectivity index (χ0v) is 19.6. The Morgan fingerprint density at radius 1 is 1.31 bits per heavy atom. The average molecular weight is 491 g/mol. The van der Waals surface area contributed by atoms with Crippen molar-refractivity contribution in [2.45, 2.75) is 42.9 Å². The molecule has 1 aliphatic heterocycles. The van der Waals surface area contributed by atoms with Crippen molar-refractivity contribution in [3.05, 3.63) is 52.5 Å². The normalized spacial score (nSPS) is 16.6. The smallest absolute Gasteiger partial charge is 0.260 e. The summed E-state index contributed by atoms with van der Waals surface area (Å²) in [6.45, 7) is 5.63. The standard InChI is InChI=1S/C22H23BrN2O2S2/c1-14(2)28-18-8-5-15(6-9-18)21(26)25(13-17-4-3-11-27-17)22-24-19-10-7-16(23)12-20(19)29-22/h5-10,12,14,17H,3-4,11,13H2,1-2H3. The highest BCUT2D eigenvalue weighted by Crippen LogP contribution is 2.33. The Balaban J connectivity index is 1.64. The van der Waals surface area contributed by atoms with Gasteiger partial charge in [0.25, 0.3) is 5.91 Å². The van der Waals surface area contributed by atoms with Gasteiger partial charge in [0, 0.05) is 26.8 Å². The van der Waals surface area contributed by atoms with Crippen LogP contribution in [0.4, 0.5) is 5.13 Å². The number of aromatic nitrogens is 1. The molecule has 1 amide bonds. The van der Waals surface area contributed by atoms with E-state index in [0.29, 0.717) is 17.4 Å². The van der Waals surface area contributed by atoms with Gasteiger partial charge < -0.3 is 4.74 Å². The van der Waals surface area contributed by atoms with Crippen LogP contribution in [0.2, 0.25) is 0 Å². The van der Waals surface area contributed by atoms with Crippen LogP contribution in [0.3, 0.4) is 0 Å². The molecule has 1 aromatic heterocycles. The fourth-order valence-corrected chi connectivity index (χ4v) is 5.71. The van der Waals surface area contributed by atoms with Crippen LogP contribution in [-0.4, -0.2) is 35.4 Å². The summed E-state index contributed by atoms with van der Waals surface area (Å²) < 4.78 is 7.89. The summed E-state index contributed by atoms with van der Waals surface area (Å²) in [4.78, 5) is 21.1. The number of carbonyl (C=O) groups is 1. The van der Waals surface area contributed by atoms with Crippen molar-refractivity contribution in [3.63, 3.8) is 0 Å². The number of hydrogen-bond donors (Lipinski definition) is 0. The molecule has 3 aromatic rings. The molecule has 1 fully saturated rings. The molecule has 2 aromatic carbocycles. The molecular weight excluding hydrogens is 468 g/mol. The minimum atomic E-state index is -0.0280. The van der Waals surface area contributed by atoms with Gasteiger partial charge in [-0.1, -0.05) is 41.1 Å². The van der Waals surface area contributed by atoms with E-state index < -0.39 is 0 Å². The lowest BCUT2D eigenvalue weighted by molar-refractivity contribution is 0.0917. The molecule has 0 saturated carbocycles. The monoisotopic (exact) mass is 490 g/mol. The van der Waals surface area contributed by atoms with Crippen LogP contribution in [0, 0.1) is 0 Å². The Hall–Kier alpha value is -1.41. The van der Waals surface area contributed by atoms with Crippen LogP contribution in [0.1, 0.15) is 37.0 Å². The molecule has 0 radical (unpaired) electrons. The lowest BCUT2D eigenvalue weighted by Crippen LogP contribution is -2.37. The van der Waals surface area contributed by atoms with E-state index in [0.717, 1.165) is 39.3 Å². The van der Waals surface area contributed by atoms with Crippen molar-refractivity contribution in [3.8, 4) is 0 Å². The highest BCUT2D eigenvalue weighted by Gasteiger charge is 2.27. The summed E-state index contributed by atoms with van der Waals surface area (Å²) in [5.41, 5.74) is 1.58. The van der Waals surface area contributed by atoms with Crippen LogP contribution in [0.5, 0.6) is 0 Å². The molecule has 4 rings (SSSR count). The molecule has 2 heterocycles. The number of ether oxygens (including phenoxy) is 1. The van der Waals surface area contributed by atoms with E-state index >= 15 is 0 Å². The summed E-state index contributed by atoms with van der Waals surface area (Å²) >= 11 is 6.85. The van der Waals surface area contributed by atoms with Crippen LogP contribution < -0.4 is 4.90 Å². The van der Waals surface area contributed by atoms with Crippen molar-refractivity contribution in [2.75, 3.05) is 18.1 Å². The Kier molecular flexibility index (Phi) is 6.59. The number of nitrogens with zero attached hydrogens (tertiary/aromatic N) is 2. The second-order valence-corrected chi connectivity index (χ2v) is 10.9. The third-order valence-corrected chi connectivity index (χ3v) is 7.25. The van der Waals surface area contributed by atoms with Gasteiger partial charge in [-0.05, 0) is 55.3 Å². The lowest BCUT2D eigenvalue weighted by Gasteiger charge is -2.23. The number of anilines is 1. The van der Waals surface area contributed by atoms with Crippen LogP contribution in [0.25, 0.3) is 10.2 Å². The first kappa shape index (κ1) is 20.8.